The molecule has 0 bridgehead atoms. The zero-order valence-corrected chi connectivity index (χ0v) is 5.81. The molecule has 0 radical (unpaired) electrons. The second kappa shape index (κ2) is 3.33. The van der Waals surface area contributed by atoms with Gasteiger partial charge in [0.15, 0.2) is 0 Å². The van der Waals surface area contributed by atoms with Gasteiger partial charge in [0.05, 0.1) is 0 Å². The van der Waals surface area contributed by atoms with Gasteiger partial charge in [-0.1, -0.05) is 25.7 Å². The van der Waals surface area contributed by atoms with Gasteiger partial charge in [-0.05, 0) is 5.60 Å². The van der Waals surface area contributed by atoms with Crippen LogP contribution >= 0.6 is 0 Å². The van der Waals surface area contributed by atoms with E-state index in [4.69, 9.17) is 6.42 Å². The van der Waals surface area contributed by atoms with Gasteiger partial charge >= 0.3 is 18.9 Å². The summed E-state index contributed by atoms with van der Waals surface area (Å²) in [7, 11) is 0. The first-order valence-corrected chi connectivity index (χ1v) is 2.95. The molecule has 0 N–H and O–H groups in total. The van der Waals surface area contributed by atoms with E-state index in [1.807, 2.05) is 0 Å². The maximum atomic E-state index is 11.0. The van der Waals surface area contributed by atoms with Crippen LogP contribution in [0.3, 0.4) is 0 Å². The van der Waals surface area contributed by atoms with Crippen molar-refractivity contribution in [2.75, 3.05) is 0 Å². The minimum Gasteiger partial charge on any atom is -0.840 e. The van der Waals surface area contributed by atoms with Crippen LogP contribution in [0.5, 0.6) is 0 Å². The van der Waals surface area contributed by atoms with Crippen LogP contribution in [-0.4, -0.2) is 5.60 Å². The zero-order chi connectivity index (χ0) is 6.04. The molecule has 0 atom stereocenters. The van der Waals surface area contributed by atoms with Crippen LogP contribution in [0.1, 0.15) is 25.7 Å². The Morgan fingerprint density at radius 3 is 2.00 bits per heavy atom. The molecule has 0 aromatic heterocycles. The van der Waals surface area contributed by atoms with Crippen LogP contribution in [0.4, 0.5) is 0 Å². The molecule has 0 spiro atoms. The van der Waals surface area contributed by atoms with E-state index in [1.165, 1.54) is 0 Å². The average Bonchev–Trinajstić information content (AvgIpc) is 2.17. The van der Waals surface area contributed by atoms with Gasteiger partial charge in [0.2, 0.25) is 0 Å². The number of hydrogen-bond donors (Lipinski definition) is 0. The molecule has 1 saturated carbocycles. The molecular formula is C7H9LiO. The molecule has 0 aromatic carbocycles. The third-order valence-corrected chi connectivity index (χ3v) is 1.67. The smallest absolute Gasteiger partial charge is 0.840 e. The molecule has 44 valence electrons. The largest absolute Gasteiger partial charge is 1.00 e. The van der Waals surface area contributed by atoms with Gasteiger partial charge in [-0.2, -0.15) is 0 Å². The third kappa shape index (κ3) is 2.07. The Labute approximate surface area is 68.0 Å². The fourth-order valence-electron chi connectivity index (χ4n) is 1.09. The normalized spacial score (nSPS) is 22.2. The number of hydrogen-bond acceptors (Lipinski definition) is 1. The van der Waals surface area contributed by atoms with E-state index in [-0.39, 0.29) is 18.9 Å². The summed E-state index contributed by atoms with van der Waals surface area (Å²) in [5.41, 5.74) is -0.986. The molecule has 2 heteroatoms. The van der Waals surface area contributed by atoms with Crippen molar-refractivity contribution in [1.82, 2.24) is 0 Å². The average molecular weight is 116 g/mol. The summed E-state index contributed by atoms with van der Waals surface area (Å²) in [6.45, 7) is 0. The molecule has 9 heavy (non-hydrogen) atoms. The van der Waals surface area contributed by atoms with E-state index >= 15 is 0 Å². The summed E-state index contributed by atoms with van der Waals surface area (Å²) in [4.78, 5) is 0. The summed E-state index contributed by atoms with van der Waals surface area (Å²) < 4.78 is 0. The van der Waals surface area contributed by atoms with Gasteiger partial charge in [-0.15, -0.1) is 12.3 Å². The van der Waals surface area contributed by atoms with Crippen LogP contribution < -0.4 is 24.0 Å². The first kappa shape index (κ1) is 9.12. The van der Waals surface area contributed by atoms with E-state index in [1.54, 1.807) is 0 Å². The predicted octanol–water partition coefficient (Wildman–Crippen LogP) is -2.70. The van der Waals surface area contributed by atoms with Crippen molar-refractivity contribution in [2.24, 2.45) is 0 Å². The van der Waals surface area contributed by atoms with Crippen molar-refractivity contribution in [2.45, 2.75) is 31.3 Å². The number of terminal acetylenes is 1. The Kier molecular flexibility index (Phi) is 3.37. The predicted molar refractivity (Wildman–Crippen MR) is 30.0 cm³/mol. The minimum absolute atomic E-state index is 0. The van der Waals surface area contributed by atoms with Gasteiger partial charge in [0, 0.05) is 0 Å². The van der Waals surface area contributed by atoms with Crippen LogP contribution in [0, 0.1) is 12.3 Å². The number of rotatable bonds is 0. The molecule has 1 nitrogen and oxygen atoms in total. The van der Waals surface area contributed by atoms with Crippen molar-refractivity contribution in [3.05, 3.63) is 0 Å². The molecule has 0 aromatic rings. The Bertz CT molecular complexity index is 119. The minimum atomic E-state index is -0.986. The Balaban J connectivity index is 0.000000640. The maximum Gasteiger partial charge on any atom is 1.00 e. The van der Waals surface area contributed by atoms with Gasteiger partial charge in [0.1, 0.15) is 0 Å². The van der Waals surface area contributed by atoms with Crippen molar-refractivity contribution >= 4 is 0 Å². The molecule has 0 amide bonds. The van der Waals surface area contributed by atoms with E-state index in [2.05, 4.69) is 5.92 Å². The Hall–Kier alpha value is 0.117. The Morgan fingerprint density at radius 2 is 1.78 bits per heavy atom. The summed E-state index contributed by atoms with van der Waals surface area (Å²) in [5, 5.41) is 11.0. The summed E-state index contributed by atoms with van der Waals surface area (Å²) in [6, 6.07) is 0. The topological polar surface area (TPSA) is 23.1 Å². The van der Waals surface area contributed by atoms with Crippen LogP contribution in [0.15, 0.2) is 0 Å². The first-order valence-electron chi connectivity index (χ1n) is 2.95. The molecule has 1 rings (SSSR count). The molecule has 0 saturated heterocycles. The van der Waals surface area contributed by atoms with Crippen molar-refractivity contribution < 1.29 is 24.0 Å². The second-order valence-corrected chi connectivity index (χ2v) is 2.35. The quantitative estimate of drug-likeness (QED) is 0.249. The maximum absolute atomic E-state index is 11.0. The zero-order valence-electron chi connectivity index (χ0n) is 5.81. The van der Waals surface area contributed by atoms with Gasteiger partial charge in [-0.25, -0.2) is 0 Å². The standard InChI is InChI=1S/C7H9O.Li/c1-2-7(8)5-3-4-6-7;/h1H,3-6H2;/q-1;+1. The van der Waals surface area contributed by atoms with E-state index in [9.17, 15) is 5.11 Å². The molecule has 0 heterocycles. The van der Waals surface area contributed by atoms with Crippen molar-refractivity contribution in [3.63, 3.8) is 0 Å². The van der Waals surface area contributed by atoms with Crippen LogP contribution in [0.2, 0.25) is 0 Å². The van der Waals surface area contributed by atoms with Crippen LogP contribution in [-0.2, 0) is 0 Å². The van der Waals surface area contributed by atoms with Gasteiger partial charge in [0.25, 0.3) is 0 Å². The molecular weight excluding hydrogens is 107 g/mol. The van der Waals surface area contributed by atoms with E-state index in [0.717, 1.165) is 12.8 Å². The molecule has 0 aliphatic heterocycles. The second-order valence-electron chi connectivity index (χ2n) is 2.35. The fraction of sp³-hybridized carbons (Fsp3) is 0.714. The van der Waals surface area contributed by atoms with E-state index < -0.39 is 5.60 Å². The summed E-state index contributed by atoms with van der Waals surface area (Å²) in [6.07, 6.45) is 8.42. The first-order chi connectivity index (χ1) is 3.77. The van der Waals surface area contributed by atoms with E-state index in [0.29, 0.717) is 12.8 Å². The summed E-state index contributed by atoms with van der Waals surface area (Å²) in [5.74, 6) is 2.28. The summed E-state index contributed by atoms with van der Waals surface area (Å²) >= 11 is 0. The van der Waals surface area contributed by atoms with Gasteiger partial charge < -0.3 is 5.11 Å². The van der Waals surface area contributed by atoms with Crippen LogP contribution in [0.25, 0.3) is 0 Å². The third-order valence-electron chi connectivity index (χ3n) is 1.67. The van der Waals surface area contributed by atoms with Crippen molar-refractivity contribution in [1.29, 1.82) is 0 Å². The van der Waals surface area contributed by atoms with Crippen molar-refractivity contribution in [3.8, 4) is 12.3 Å². The Morgan fingerprint density at radius 1 is 1.33 bits per heavy atom. The fourth-order valence-corrected chi connectivity index (χ4v) is 1.09. The molecule has 1 aliphatic rings. The monoisotopic (exact) mass is 116 g/mol. The molecule has 1 aliphatic carbocycles. The SMILES string of the molecule is C#CC1([O-])CCCC1.[Li+]. The van der Waals surface area contributed by atoms with Gasteiger partial charge in [-0.3, -0.25) is 0 Å². The molecule has 1 fully saturated rings. The molecule has 0 unspecified atom stereocenters.